The number of nitrogens with zero attached hydrogens (tertiary/aromatic N) is 2. The van der Waals surface area contributed by atoms with E-state index in [2.05, 4.69) is 10.2 Å². The quantitative estimate of drug-likeness (QED) is 0.616. The normalized spacial score (nSPS) is 15.8. The second-order valence-corrected chi connectivity index (χ2v) is 4.53. The number of hydrogen-bond donors (Lipinski definition) is 1. The van der Waals surface area contributed by atoms with Crippen molar-refractivity contribution in [2.45, 2.75) is 0 Å². The number of benzene rings is 1. The maximum atomic E-state index is 11.0. The molecule has 110 valence electrons. The van der Waals surface area contributed by atoms with E-state index in [1.165, 1.54) is 13.2 Å². The van der Waals surface area contributed by atoms with Gasteiger partial charge in [0.05, 0.1) is 12.0 Å². The van der Waals surface area contributed by atoms with Crippen LogP contribution in [-0.4, -0.2) is 56.3 Å². The van der Waals surface area contributed by atoms with Gasteiger partial charge in [-0.2, -0.15) is 0 Å². The largest absolute Gasteiger partial charge is 0.497 e. The third-order valence-electron chi connectivity index (χ3n) is 3.24. The Morgan fingerprint density at radius 2 is 2.15 bits per heavy atom. The Bertz CT molecular complexity index is 461. The minimum absolute atomic E-state index is 0.0360. The molecule has 0 amide bonds. The number of rotatable bonds is 6. The second kappa shape index (κ2) is 7.06. The Hall–Kier alpha value is -1.86. The molecule has 0 aliphatic carbocycles. The fraction of sp³-hybridized carbons (Fsp3) is 0.538. The van der Waals surface area contributed by atoms with Crippen molar-refractivity contribution in [2.24, 2.45) is 0 Å². The predicted octanol–water partition coefficient (Wildman–Crippen LogP) is 0.887. The summed E-state index contributed by atoms with van der Waals surface area (Å²) in [6, 6.07) is 4.51. The molecule has 0 radical (unpaired) electrons. The summed E-state index contributed by atoms with van der Waals surface area (Å²) in [6.45, 7) is 5.08. The van der Waals surface area contributed by atoms with Crippen LogP contribution in [-0.2, 0) is 0 Å². The number of piperazine rings is 1. The highest BCUT2D eigenvalue weighted by Gasteiger charge is 2.17. The van der Waals surface area contributed by atoms with Gasteiger partial charge in [0.25, 0.3) is 0 Å². The average Bonchev–Trinajstić information content (AvgIpc) is 2.48. The van der Waals surface area contributed by atoms with Crippen molar-refractivity contribution in [3.8, 4) is 11.5 Å². The van der Waals surface area contributed by atoms with E-state index >= 15 is 0 Å². The highest BCUT2D eigenvalue weighted by Crippen LogP contribution is 2.30. The van der Waals surface area contributed by atoms with Crippen molar-refractivity contribution in [2.75, 3.05) is 46.4 Å². The van der Waals surface area contributed by atoms with Gasteiger partial charge in [-0.25, -0.2) is 0 Å². The molecule has 0 saturated carbocycles. The van der Waals surface area contributed by atoms with E-state index in [4.69, 9.17) is 9.47 Å². The number of nitrogens with one attached hydrogen (secondary N) is 1. The van der Waals surface area contributed by atoms with E-state index in [9.17, 15) is 10.1 Å². The molecule has 0 unspecified atom stereocenters. The topological polar surface area (TPSA) is 76.9 Å². The van der Waals surface area contributed by atoms with Gasteiger partial charge in [-0.15, -0.1) is 0 Å². The summed E-state index contributed by atoms with van der Waals surface area (Å²) in [5.41, 5.74) is -0.0360. The summed E-state index contributed by atoms with van der Waals surface area (Å²) in [7, 11) is 1.52. The smallest absolute Gasteiger partial charge is 0.311 e. The Balaban J connectivity index is 1.94. The third kappa shape index (κ3) is 3.82. The highest BCUT2D eigenvalue weighted by molar-refractivity contribution is 5.50. The first kappa shape index (κ1) is 14.5. The molecule has 1 aromatic carbocycles. The van der Waals surface area contributed by atoms with Crippen molar-refractivity contribution in [1.29, 1.82) is 0 Å². The number of hydrogen-bond acceptors (Lipinski definition) is 6. The first-order chi connectivity index (χ1) is 9.70. The molecule has 1 aliphatic heterocycles. The molecule has 0 aromatic heterocycles. The molecule has 1 aliphatic rings. The number of nitro groups is 1. The summed E-state index contributed by atoms with van der Waals surface area (Å²) >= 11 is 0. The van der Waals surface area contributed by atoms with Crippen LogP contribution < -0.4 is 14.8 Å². The standard InChI is InChI=1S/C13H19N3O4/c1-19-11-2-3-12(16(17)18)13(10-11)20-9-8-15-6-4-14-5-7-15/h2-3,10,14H,4-9H2,1H3. The second-order valence-electron chi connectivity index (χ2n) is 4.53. The lowest BCUT2D eigenvalue weighted by Crippen LogP contribution is -2.44. The van der Waals surface area contributed by atoms with Crippen LogP contribution >= 0.6 is 0 Å². The maximum absolute atomic E-state index is 11.0. The molecule has 1 aromatic rings. The summed E-state index contributed by atoms with van der Waals surface area (Å²) in [4.78, 5) is 12.8. The number of ether oxygens (including phenoxy) is 2. The van der Waals surface area contributed by atoms with Gasteiger partial charge in [0.1, 0.15) is 12.4 Å². The minimum Gasteiger partial charge on any atom is -0.497 e. The zero-order valence-corrected chi connectivity index (χ0v) is 11.5. The van der Waals surface area contributed by atoms with E-state index in [0.29, 0.717) is 12.4 Å². The first-order valence-electron chi connectivity index (χ1n) is 6.59. The van der Waals surface area contributed by atoms with Gasteiger partial charge >= 0.3 is 5.69 Å². The summed E-state index contributed by atoms with van der Waals surface area (Å²) in [5, 5.41) is 14.2. The van der Waals surface area contributed by atoms with Crippen LogP contribution in [0.25, 0.3) is 0 Å². The summed E-state index contributed by atoms with van der Waals surface area (Å²) in [5.74, 6) is 0.803. The van der Waals surface area contributed by atoms with Crippen molar-refractivity contribution < 1.29 is 14.4 Å². The van der Waals surface area contributed by atoms with Crippen LogP contribution in [0.4, 0.5) is 5.69 Å². The number of methoxy groups -OCH3 is 1. The Kier molecular flexibility index (Phi) is 5.14. The summed E-state index contributed by atoms with van der Waals surface area (Å²) in [6.07, 6.45) is 0. The molecule has 20 heavy (non-hydrogen) atoms. The van der Waals surface area contributed by atoms with Gasteiger partial charge in [-0.3, -0.25) is 15.0 Å². The van der Waals surface area contributed by atoms with Crippen LogP contribution in [0.3, 0.4) is 0 Å². The van der Waals surface area contributed by atoms with Gasteiger partial charge in [0.2, 0.25) is 5.75 Å². The molecule has 1 saturated heterocycles. The first-order valence-corrected chi connectivity index (χ1v) is 6.59. The van der Waals surface area contributed by atoms with E-state index in [1.807, 2.05) is 0 Å². The molecule has 1 fully saturated rings. The Morgan fingerprint density at radius 1 is 1.40 bits per heavy atom. The molecular weight excluding hydrogens is 262 g/mol. The molecule has 2 rings (SSSR count). The molecule has 0 bridgehead atoms. The molecule has 7 heteroatoms. The van der Waals surface area contributed by atoms with Crippen LogP contribution in [0.2, 0.25) is 0 Å². The lowest BCUT2D eigenvalue weighted by atomic mass is 10.3. The monoisotopic (exact) mass is 281 g/mol. The summed E-state index contributed by atoms with van der Waals surface area (Å²) < 4.78 is 10.6. The highest BCUT2D eigenvalue weighted by atomic mass is 16.6. The van der Waals surface area contributed by atoms with Crippen LogP contribution in [0, 0.1) is 10.1 Å². The molecule has 1 heterocycles. The van der Waals surface area contributed by atoms with Crippen molar-refractivity contribution in [1.82, 2.24) is 10.2 Å². The van der Waals surface area contributed by atoms with Crippen LogP contribution in [0.1, 0.15) is 0 Å². The van der Waals surface area contributed by atoms with Crippen molar-refractivity contribution >= 4 is 5.69 Å². The van der Waals surface area contributed by atoms with E-state index < -0.39 is 4.92 Å². The fourth-order valence-corrected chi connectivity index (χ4v) is 2.11. The maximum Gasteiger partial charge on any atom is 0.311 e. The van der Waals surface area contributed by atoms with Crippen LogP contribution in [0.5, 0.6) is 11.5 Å². The van der Waals surface area contributed by atoms with E-state index in [0.717, 1.165) is 32.7 Å². The lowest BCUT2D eigenvalue weighted by Gasteiger charge is -2.26. The molecule has 7 nitrogen and oxygen atoms in total. The fourth-order valence-electron chi connectivity index (χ4n) is 2.11. The number of nitro benzene ring substituents is 1. The Morgan fingerprint density at radius 3 is 2.80 bits per heavy atom. The molecule has 0 spiro atoms. The molecular formula is C13H19N3O4. The van der Waals surface area contributed by atoms with E-state index in [-0.39, 0.29) is 11.4 Å². The predicted molar refractivity (Wildman–Crippen MR) is 74.5 cm³/mol. The minimum atomic E-state index is -0.445. The van der Waals surface area contributed by atoms with Gasteiger partial charge in [-0.1, -0.05) is 0 Å². The van der Waals surface area contributed by atoms with Crippen molar-refractivity contribution in [3.63, 3.8) is 0 Å². The Labute approximate surface area is 117 Å². The average molecular weight is 281 g/mol. The van der Waals surface area contributed by atoms with E-state index in [1.54, 1.807) is 12.1 Å². The van der Waals surface area contributed by atoms with Gasteiger partial charge in [0.15, 0.2) is 0 Å². The van der Waals surface area contributed by atoms with Gasteiger partial charge in [-0.05, 0) is 6.07 Å². The lowest BCUT2D eigenvalue weighted by molar-refractivity contribution is -0.385. The van der Waals surface area contributed by atoms with Gasteiger partial charge in [0, 0.05) is 44.9 Å². The zero-order valence-electron chi connectivity index (χ0n) is 11.5. The SMILES string of the molecule is COc1ccc([N+](=O)[O-])c(OCCN2CCNCC2)c1. The zero-order chi connectivity index (χ0) is 14.4. The molecule has 0 atom stereocenters. The van der Waals surface area contributed by atoms with Crippen LogP contribution in [0.15, 0.2) is 18.2 Å². The molecule has 1 N–H and O–H groups in total. The van der Waals surface area contributed by atoms with Gasteiger partial charge < -0.3 is 14.8 Å². The third-order valence-corrected chi connectivity index (χ3v) is 3.24. The van der Waals surface area contributed by atoms with Crippen molar-refractivity contribution in [3.05, 3.63) is 28.3 Å².